The molecule has 0 aromatic carbocycles. The summed E-state index contributed by atoms with van der Waals surface area (Å²) in [5.74, 6) is -0.646. The first-order valence-electron chi connectivity index (χ1n) is 13.7. The quantitative estimate of drug-likeness (QED) is 0.171. The number of rotatable bonds is 16. The van der Waals surface area contributed by atoms with Crippen LogP contribution < -0.4 is 15.4 Å². The molecule has 0 radical (unpaired) electrons. The van der Waals surface area contributed by atoms with Crippen LogP contribution in [0.5, 0.6) is 5.75 Å². The Hall–Kier alpha value is -3.15. The third-order valence-corrected chi connectivity index (χ3v) is 6.47. The van der Waals surface area contributed by atoms with Crippen molar-refractivity contribution < 1.29 is 14.6 Å². The number of nitrogens with one attached hydrogen (secondary N) is 3. The monoisotopic (exact) mass is 493 g/mol. The molecule has 0 unspecified atom stereocenters. The molecule has 3 heterocycles. The molecule has 0 aliphatic rings. The van der Waals surface area contributed by atoms with Crippen molar-refractivity contribution in [1.82, 2.24) is 15.0 Å². The highest BCUT2D eigenvalue weighted by Gasteiger charge is 2.25. The van der Waals surface area contributed by atoms with Gasteiger partial charge in [0, 0.05) is 16.4 Å². The molecule has 0 atom stereocenters. The van der Waals surface area contributed by atoms with E-state index in [0.29, 0.717) is 23.7 Å². The average Bonchev–Trinajstić information content (AvgIpc) is 3.58. The van der Waals surface area contributed by atoms with Crippen LogP contribution in [-0.4, -0.2) is 32.6 Å². The van der Waals surface area contributed by atoms with Gasteiger partial charge in [0.05, 0.1) is 23.7 Å². The van der Waals surface area contributed by atoms with E-state index in [2.05, 4.69) is 40.9 Å². The maximum absolute atomic E-state index is 12.2. The molecular weight excluding hydrogens is 450 g/mol. The number of ether oxygens (including phenoxy) is 1. The molecule has 196 valence electrons. The largest absolute Gasteiger partial charge is 0.491 e. The fourth-order valence-electron chi connectivity index (χ4n) is 4.63. The molecule has 0 saturated carbocycles. The van der Waals surface area contributed by atoms with Gasteiger partial charge in [0.1, 0.15) is 5.56 Å². The van der Waals surface area contributed by atoms with Crippen LogP contribution in [0.25, 0.3) is 23.5 Å². The van der Waals surface area contributed by atoms with Crippen molar-refractivity contribution in [1.29, 1.82) is 0 Å². The summed E-state index contributed by atoms with van der Waals surface area (Å²) in [6.07, 6.45) is 17.7. The molecule has 0 aliphatic heterocycles. The fraction of sp³-hybridized carbons (Fsp3) is 0.500. The molecule has 6 heteroatoms. The number of aromatic amines is 3. The zero-order valence-corrected chi connectivity index (χ0v) is 22.2. The number of aromatic carboxylic acids is 1. The van der Waals surface area contributed by atoms with Gasteiger partial charge in [-0.05, 0) is 56.5 Å². The smallest absolute Gasteiger partial charge is 0.341 e. The first-order chi connectivity index (χ1) is 17.6. The van der Waals surface area contributed by atoms with E-state index in [1.807, 2.05) is 31.2 Å². The molecule has 0 bridgehead atoms. The van der Waals surface area contributed by atoms with Crippen LogP contribution >= 0.6 is 0 Å². The predicted molar refractivity (Wildman–Crippen MR) is 148 cm³/mol. The molecule has 0 saturated heterocycles. The van der Waals surface area contributed by atoms with Crippen LogP contribution in [0.2, 0.25) is 0 Å². The van der Waals surface area contributed by atoms with E-state index in [1.54, 1.807) is 0 Å². The van der Waals surface area contributed by atoms with E-state index in [9.17, 15) is 9.90 Å². The van der Waals surface area contributed by atoms with Crippen molar-refractivity contribution in [3.8, 4) is 17.1 Å². The lowest BCUT2D eigenvalue weighted by Crippen LogP contribution is -2.09. The second-order valence-corrected chi connectivity index (χ2v) is 9.48. The number of carbonyl (C=O) groups is 1. The van der Waals surface area contributed by atoms with E-state index >= 15 is 0 Å². The summed E-state index contributed by atoms with van der Waals surface area (Å²) in [5, 5.41) is 12.0. The summed E-state index contributed by atoms with van der Waals surface area (Å²) < 4.78 is 5.82. The van der Waals surface area contributed by atoms with Crippen molar-refractivity contribution in [2.75, 3.05) is 6.61 Å². The molecule has 0 spiro atoms. The first-order valence-corrected chi connectivity index (χ1v) is 13.7. The number of H-pyrrole nitrogens is 3. The van der Waals surface area contributed by atoms with Gasteiger partial charge in [-0.3, -0.25) is 0 Å². The van der Waals surface area contributed by atoms with Crippen LogP contribution in [0.3, 0.4) is 0 Å². The highest BCUT2D eigenvalue weighted by atomic mass is 16.5. The van der Waals surface area contributed by atoms with E-state index in [1.165, 1.54) is 51.4 Å². The lowest BCUT2D eigenvalue weighted by Gasteiger charge is -2.04. The molecule has 3 aromatic rings. The Morgan fingerprint density at radius 2 is 1.58 bits per heavy atom. The van der Waals surface area contributed by atoms with Gasteiger partial charge in [0.25, 0.3) is 0 Å². The number of unbranched alkanes of at least 4 members (excludes halogenated alkanes) is 8. The number of carboxylic acid groups (broad SMARTS) is 1. The Morgan fingerprint density at radius 1 is 0.861 bits per heavy atom. The van der Waals surface area contributed by atoms with Gasteiger partial charge in [-0.25, -0.2) is 4.79 Å². The SMILES string of the molecule is CCCCCCCCCCC=c1ccc(=Cc2[nH]c(-c3ccc(CCC)[nH]3)c(C(=O)O)c2OCC)[nH]1. The number of aromatic nitrogens is 3. The van der Waals surface area contributed by atoms with Crippen LogP contribution in [0.15, 0.2) is 24.3 Å². The normalized spacial score (nSPS) is 12.5. The Kier molecular flexibility index (Phi) is 11.0. The molecular formula is C30H43N3O3. The first kappa shape index (κ1) is 27.4. The molecule has 0 amide bonds. The third kappa shape index (κ3) is 7.67. The van der Waals surface area contributed by atoms with Gasteiger partial charge in [-0.15, -0.1) is 0 Å². The van der Waals surface area contributed by atoms with Crippen molar-refractivity contribution in [3.63, 3.8) is 0 Å². The molecule has 3 aromatic heterocycles. The Morgan fingerprint density at radius 3 is 2.28 bits per heavy atom. The standard InChI is InChI=1S/C30H43N3O3/c1-4-7-8-9-10-11-12-13-14-16-23-17-18-24(31-23)21-26-29(36-6-3)27(30(34)35)28(33-26)25-20-19-22(32-25)15-5-2/h16-21,31-33H,4-15H2,1-3H3,(H,34,35). The van der Waals surface area contributed by atoms with Gasteiger partial charge >= 0.3 is 5.97 Å². The lowest BCUT2D eigenvalue weighted by molar-refractivity contribution is 0.0694. The molecule has 4 N–H and O–H groups in total. The topological polar surface area (TPSA) is 93.9 Å². The summed E-state index contributed by atoms with van der Waals surface area (Å²) in [5.41, 5.74) is 3.17. The fourth-order valence-corrected chi connectivity index (χ4v) is 4.63. The summed E-state index contributed by atoms with van der Waals surface area (Å²) >= 11 is 0. The predicted octanol–water partition coefficient (Wildman–Crippen LogP) is 6.53. The maximum Gasteiger partial charge on any atom is 0.341 e. The van der Waals surface area contributed by atoms with Crippen molar-refractivity contribution in [2.45, 2.75) is 91.4 Å². The van der Waals surface area contributed by atoms with Crippen molar-refractivity contribution in [3.05, 3.63) is 51.9 Å². The van der Waals surface area contributed by atoms with E-state index in [4.69, 9.17) is 4.74 Å². The zero-order valence-electron chi connectivity index (χ0n) is 22.2. The Labute approximate surface area is 214 Å². The van der Waals surface area contributed by atoms with Crippen LogP contribution in [-0.2, 0) is 6.42 Å². The van der Waals surface area contributed by atoms with Gasteiger partial charge in [-0.2, -0.15) is 0 Å². The second kappa shape index (κ2) is 14.4. The van der Waals surface area contributed by atoms with Crippen LogP contribution in [0.4, 0.5) is 0 Å². The molecule has 3 rings (SSSR count). The summed E-state index contributed by atoms with van der Waals surface area (Å²) in [4.78, 5) is 22.3. The van der Waals surface area contributed by atoms with E-state index in [0.717, 1.165) is 41.3 Å². The van der Waals surface area contributed by atoms with Gasteiger partial charge in [-0.1, -0.05) is 71.3 Å². The van der Waals surface area contributed by atoms with Crippen molar-refractivity contribution >= 4 is 18.1 Å². The van der Waals surface area contributed by atoms with Gasteiger partial charge < -0.3 is 24.8 Å². The maximum atomic E-state index is 12.2. The molecule has 0 aliphatic carbocycles. The highest BCUT2D eigenvalue weighted by molar-refractivity contribution is 5.99. The highest BCUT2D eigenvalue weighted by Crippen LogP contribution is 2.34. The lowest BCUT2D eigenvalue weighted by atomic mass is 10.1. The average molecular weight is 494 g/mol. The summed E-state index contributed by atoms with van der Waals surface area (Å²) in [7, 11) is 0. The minimum atomic E-state index is -1.01. The summed E-state index contributed by atoms with van der Waals surface area (Å²) in [6.45, 7) is 6.62. The number of hydrogen-bond donors (Lipinski definition) is 4. The minimum Gasteiger partial charge on any atom is -0.491 e. The zero-order chi connectivity index (χ0) is 25.8. The van der Waals surface area contributed by atoms with E-state index < -0.39 is 5.97 Å². The van der Waals surface area contributed by atoms with E-state index in [-0.39, 0.29) is 5.56 Å². The Bertz CT molecular complexity index is 1200. The number of carboxylic acids is 1. The molecule has 0 fully saturated rings. The third-order valence-electron chi connectivity index (χ3n) is 6.47. The molecule has 36 heavy (non-hydrogen) atoms. The van der Waals surface area contributed by atoms with Gasteiger partial charge in [0.2, 0.25) is 0 Å². The number of hydrogen-bond acceptors (Lipinski definition) is 2. The molecule has 6 nitrogen and oxygen atoms in total. The number of aryl methyl sites for hydroxylation is 1. The summed E-state index contributed by atoms with van der Waals surface area (Å²) in [6, 6.07) is 8.02. The van der Waals surface area contributed by atoms with Crippen LogP contribution in [0, 0.1) is 0 Å². The van der Waals surface area contributed by atoms with Crippen molar-refractivity contribution in [2.24, 2.45) is 0 Å². The van der Waals surface area contributed by atoms with Crippen LogP contribution in [0.1, 0.15) is 107 Å². The Balaban J connectivity index is 1.75. The second-order valence-electron chi connectivity index (χ2n) is 9.48. The minimum absolute atomic E-state index is 0.154. The van der Waals surface area contributed by atoms with Gasteiger partial charge in [0.15, 0.2) is 5.75 Å².